The number of nitrogens with zero attached hydrogens (tertiary/aromatic N) is 1. The van der Waals surface area contributed by atoms with E-state index in [0.29, 0.717) is 0 Å². The van der Waals surface area contributed by atoms with Crippen molar-refractivity contribution in [3.63, 3.8) is 0 Å². The van der Waals surface area contributed by atoms with E-state index in [9.17, 15) is 4.79 Å². The molecule has 3 N–H and O–H groups in total. The summed E-state index contributed by atoms with van der Waals surface area (Å²) >= 11 is 0. The largest absolute Gasteiger partial charge is 0.379 e. The lowest BCUT2D eigenvalue weighted by Gasteiger charge is -2.31. The highest BCUT2D eigenvalue weighted by molar-refractivity contribution is 5.86. The van der Waals surface area contributed by atoms with Crippen LogP contribution in [0.5, 0.6) is 0 Å². The van der Waals surface area contributed by atoms with Crippen LogP contribution in [0.2, 0.25) is 0 Å². The van der Waals surface area contributed by atoms with Gasteiger partial charge in [-0.05, 0) is 32.2 Å². The van der Waals surface area contributed by atoms with Crippen molar-refractivity contribution in [3.05, 3.63) is 0 Å². The number of carbonyl (C=O) groups excluding carboxylic acids is 1. The van der Waals surface area contributed by atoms with Crippen LogP contribution >= 0.6 is 24.8 Å². The standard InChI is InChI=1S/C15H29N3O2.2ClH/c16-15(6-2-1-3-7-15)14(19)17-8-4-5-9-18-10-12-20-13-11-18;;/h1-13,16H2,(H,17,19);2*1H. The van der Waals surface area contributed by atoms with Crippen LogP contribution < -0.4 is 11.1 Å². The van der Waals surface area contributed by atoms with Crippen molar-refractivity contribution in [3.8, 4) is 0 Å². The number of halogens is 2. The number of amides is 1. The molecule has 0 aromatic heterocycles. The summed E-state index contributed by atoms with van der Waals surface area (Å²) in [5.74, 6) is 0.0589. The molecule has 0 aromatic rings. The highest BCUT2D eigenvalue weighted by atomic mass is 35.5. The molecule has 5 nitrogen and oxygen atoms in total. The molecule has 0 spiro atoms. The summed E-state index contributed by atoms with van der Waals surface area (Å²) in [6, 6.07) is 0. The Labute approximate surface area is 146 Å². The fourth-order valence-electron chi connectivity index (χ4n) is 3.07. The third kappa shape index (κ3) is 7.01. The Morgan fingerprint density at radius 3 is 2.36 bits per heavy atom. The Bertz CT molecular complexity index is 307. The molecular weight excluding hydrogens is 325 g/mol. The van der Waals surface area contributed by atoms with Crippen molar-refractivity contribution in [1.29, 1.82) is 0 Å². The van der Waals surface area contributed by atoms with Crippen LogP contribution in [-0.4, -0.2) is 55.7 Å². The Hall–Kier alpha value is -0.0700. The molecule has 132 valence electrons. The summed E-state index contributed by atoms with van der Waals surface area (Å²) in [4.78, 5) is 14.5. The number of nitrogens with one attached hydrogen (secondary N) is 1. The van der Waals surface area contributed by atoms with E-state index < -0.39 is 5.54 Å². The molecule has 22 heavy (non-hydrogen) atoms. The van der Waals surface area contributed by atoms with Gasteiger partial charge in [0.05, 0.1) is 18.8 Å². The lowest BCUT2D eigenvalue weighted by atomic mass is 9.82. The lowest BCUT2D eigenvalue weighted by Crippen LogP contribution is -2.55. The molecule has 2 fully saturated rings. The highest BCUT2D eigenvalue weighted by Crippen LogP contribution is 2.25. The number of unbranched alkanes of at least 4 members (excludes halogenated alkanes) is 1. The van der Waals surface area contributed by atoms with Gasteiger partial charge in [-0.2, -0.15) is 0 Å². The number of nitrogens with two attached hydrogens (primary N) is 1. The van der Waals surface area contributed by atoms with Crippen molar-refractivity contribution in [1.82, 2.24) is 10.2 Å². The molecule has 2 rings (SSSR count). The zero-order chi connectivity index (χ0) is 14.3. The monoisotopic (exact) mass is 355 g/mol. The molecule has 0 atom stereocenters. The molecule has 2 aliphatic rings. The average Bonchev–Trinajstić information content (AvgIpc) is 2.48. The summed E-state index contributed by atoms with van der Waals surface area (Å²) in [5.41, 5.74) is 5.61. The summed E-state index contributed by atoms with van der Waals surface area (Å²) < 4.78 is 5.32. The topological polar surface area (TPSA) is 67.6 Å². The molecule has 0 aromatic carbocycles. The number of hydrogen-bond acceptors (Lipinski definition) is 4. The van der Waals surface area contributed by atoms with Gasteiger partial charge in [0.1, 0.15) is 0 Å². The zero-order valence-electron chi connectivity index (χ0n) is 13.3. The molecule has 0 radical (unpaired) electrons. The Morgan fingerprint density at radius 2 is 1.73 bits per heavy atom. The van der Waals surface area contributed by atoms with E-state index in [-0.39, 0.29) is 30.7 Å². The van der Waals surface area contributed by atoms with E-state index in [1.807, 2.05) is 0 Å². The molecule has 7 heteroatoms. The van der Waals surface area contributed by atoms with Crippen LogP contribution in [0, 0.1) is 0 Å². The van der Waals surface area contributed by atoms with Crippen LogP contribution in [-0.2, 0) is 9.53 Å². The second-order valence-electron chi connectivity index (χ2n) is 6.13. The minimum Gasteiger partial charge on any atom is -0.379 e. The minimum atomic E-state index is -0.595. The summed E-state index contributed by atoms with van der Waals surface area (Å²) in [6.45, 7) is 5.64. The van der Waals surface area contributed by atoms with E-state index in [1.165, 1.54) is 6.42 Å². The molecular formula is C15H31Cl2N3O2. The van der Waals surface area contributed by atoms with Gasteiger partial charge in [0.25, 0.3) is 0 Å². The van der Waals surface area contributed by atoms with Gasteiger partial charge in [-0.25, -0.2) is 0 Å². The van der Waals surface area contributed by atoms with Crippen molar-refractivity contribution < 1.29 is 9.53 Å². The third-order valence-corrected chi connectivity index (χ3v) is 4.49. The molecule has 1 saturated carbocycles. The number of hydrogen-bond donors (Lipinski definition) is 2. The normalized spacial score (nSPS) is 21.3. The molecule has 1 aliphatic carbocycles. The first-order valence-corrected chi connectivity index (χ1v) is 8.08. The maximum atomic E-state index is 12.1. The first-order valence-electron chi connectivity index (χ1n) is 8.08. The van der Waals surface area contributed by atoms with Gasteiger partial charge in [0.2, 0.25) is 5.91 Å². The first kappa shape index (κ1) is 21.9. The fraction of sp³-hybridized carbons (Fsp3) is 0.933. The summed E-state index contributed by atoms with van der Waals surface area (Å²) in [5, 5.41) is 3.02. The van der Waals surface area contributed by atoms with Gasteiger partial charge in [0, 0.05) is 19.6 Å². The second-order valence-corrected chi connectivity index (χ2v) is 6.13. The fourth-order valence-corrected chi connectivity index (χ4v) is 3.07. The van der Waals surface area contributed by atoms with Crippen LogP contribution in [0.1, 0.15) is 44.9 Å². The van der Waals surface area contributed by atoms with Gasteiger partial charge in [-0.15, -0.1) is 24.8 Å². The van der Waals surface area contributed by atoms with E-state index in [2.05, 4.69) is 10.2 Å². The first-order chi connectivity index (χ1) is 9.71. The molecule has 1 heterocycles. The highest BCUT2D eigenvalue weighted by Gasteiger charge is 2.34. The average molecular weight is 356 g/mol. The van der Waals surface area contributed by atoms with Crippen LogP contribution in [0.3, 0.4) is 0 Å². The van der Waals surface area contributed by atoms with Crippen molar-refractivity contribution in [2.75, 3.05) is 39.4 Å². The third-order valence-electron chi connectivity index (χ3n) is 4.49. The maximum absolute atomic E-state index is 12.1. The molecule has 1 amide bonds. The molecule has 0 bridgehead atoms. The van der Waals surface area contributed by atoms with Crippen LogP contribution in [0.25, 0.3) is 0 Å². The number of morpholine rings is 1. The van der Waals surface area contributed by atoms with Crippen LogP contribution in [0.15, 0.2) is 0 Å². The quantitative estimate of drug-likeness (QED) is 0.711. The van der Waals surface area contributed by atoms with Crippen molar-refractivity contribution in [2.24, 2.45) is 5.73 Å². The van der Waals surface area contributed by atoms with Gasteiger partial charge in [0.15, 0.2) is 0 Å². The molecule has 1 saturated heterocycles. The SMILES string of the molecule is Cl.Cl.NC1(C(=O)NCCCCN2CCOCC2)CCCCC1. The van der Waals surface area contributed by atoms with Crippen LogP contribution in [0.4, 0.5) is 0 Å². The summed E-state index contributed by atoms with van der Waals surface area (Å²) in [7, 11) is 0. The number of carbonyl (C=O) groups is 1. The van der Waals surface area contributed by atoms with Gasteiger partial charge >= 0.3 is 0 Å². The van der Waals surface area contributed by atoms with Gasteiger partial charge < -0.3 is 15.8 Å². The Kier molecular flexibility index (Phi) is 11.4. The predicted octanol–water partition coefficient (Wildman–Crippen LogP) is 1.72. The van der Waals surface area contributed by atoms with Gasteiger partial charge in [-0.1, -0.05) is 19.3 Å². The van der Waals surface area contributed by atoms with E-state index >= 15 is 0 Å². The predicted molar refractivity (Wildman–Crippen MR) is 94.0 cm³/mol. The lowest BCUT2D eigenvalue weighted by molar-refractivity contribution is -0.127. The molecule has 1 aliphatic heterocycles. The minimum absolute atomic E-state index is 0. The number of ether oxygens (including phenoxy) is 1. The Morgan fingerprint density at radius 1 is 1.09 bits per heavy atom. The summed E-state index contributed by atoms with van der Waals surface area (Å²) in [6.07, 6.45) is 7.21. The Balaban J connectivity index is 0.00000220. The second kappa shape index (κ2) is 11.5. The van der Waals surface area contributed by atoms with E-state index in [1.54, 1.807) is 0 Å². The van der Waals surface area contributed by atoms with E-state index in [0.717, 1.165) is 77.9 Å². The van der Waals surface area contributed by atoms with Crippen molar-refractivity contribution in [2.45, 2.75) is 50.5 Å². The number of rotatable bonds is 6. The van der Waals surface area contributed by atoms with Crippen molar-refractivity contribution >= 4 is 30.7 Å². The zero-order valence-corrected chi connectivity index (χ0v) is 15.0. The maximum Gasteiger partial charge on any atom is 0.240 e. The van der Waals surface area contributed by atoms with Gasteiger partial charge in [-0.3, -0.25) is 9.69 Å². The molecule has 0 unspecified atom stereocenters. The smallest absolute Gasteiger partial charge is 0.240 e. The van der Waals surface area contributed by atoms with E-state index in [4.69, 9.17) is 10.5 Å².